The first kappa shape index (κ1) is 21.5. The van der Waals surface area contributed by atoms with Crippen molar-refractivity contribution in [2.75, 3.05) is 11.4 Å². The molecule has 5 rings (SSSR count). The van der Waals surface area contributed by atoms with Crippen LogP contribution in [0.5, 0.6) is 0 Å². The molecule has 5 heterocycles. The molecule has 0 spiro atoms. The van der Waals surface area contributed by atoms with Crippen LogP contribution in [0.25, 0.3) is 21.6 Å². The first-order chi connectivity index (χ1) is 15.9. The van der Waals surface area contributed by atoms with Gasteiger partial charge in [0.1, 0.15) is 24.0 Å². The largest absolute Gasteiger partial charge is 0.323 e. The van der Waals surface area contributed by atoms with E-state index >= 15 is 8.78 Å². The average Bonchev–Trinajstić information content (AvgIpc) is 3.15. The predicted octanol–water partition coefficient (Wildman–Crippen LogP) is 3.48. The maximum atomic E-state index is 15.3. The van der Waals surface area contributed by atoms with E-state index in [2.05, 4.69) is 25.0 Å². The number of pyridine rings is 1. The molecule has 3 atom stereocenters. The number of nitrogens with zero attached hydrogens (tertiary/aromatic N) is 7. The van der Waals surface area contributed by atoms with Gasteiger partial charge in [0.25, 0.3) is 5.56 Å². The van der Waals surface area contributed by atoms with Gasteiger partial charge in [-0.15, -0.1) is 11.3 Å². The molecule has 11 heteroatoms. The molecule has 170 valence electrons. The highest BCUT2D eigenvalue weighted by molar-refractivity contribution is 7.15. The van der Waals surface area contributed by atoms with E-state index in [4.69, 9.17) is 0 Å². The minimum Gasteiger partial charge on any atom is -0.323 e. The van der Waals surface area contributed by atoms with Crippen molar-refractivity contribution in [3.63, 3.8) is 0 Å². The number of piperidine rings is 1. The van der Waals surface area contributed by atoms with Crippen LogP contribution in [-0.4, -0.2) is 48.7 Å². The van der Waals surface area contributed by atoms with E-state index in [0.717, 1.165) is 15.6 Å². The van der Waals surface area contributed by atoms with Gasteiger partial charge in [0.15, 0.2) is 11.9 Å². The Hall–Kier alpha value is -3.34. The topological polar surface area (TPSA) is 89.7 Å². The molecule has 3 unspecified atom stereocenters. The van der Waals surface area contributed by atoms with Crippen LogP contribution in [0.2, 0.25) is 0 Å². The Labute approximate surface area is 192 Å². The van der Waals surface area contributed by atoms with Crippen molar-refractivity contribution >= 4 is 28.2 Å². The van der Waals surface area contributed by atoms with Crippen LogP contribution >= 0.6 is 11.3 Å². The molecule has 8 nitrogen and oxygen atoms in total. The summed E-state index contributed by atoms with van der Waals surface area (Å²) in [4.78, 5) is 31.4. The Bertz CT molecular complexity index is 1370. The van der Waals surface area contributed by atoms with Crippen molar-refractivity contribution < 1.29 is 8.78 Å². The van der Waals surface area contributed by atoms with Gasteiger partial charge in [-0.2, -0.15) is 5.10 Å². The highest BCUT2D eigenvalue weighted by Crippen LogP contribution is 2.33. The zero-order valence-corrected chi connectivity index (χ0v) is 18.8. The van der Waals surface area contributed by atoms with Crippen molar-refractivity contribution in [1.29, 1.82) is 0 Å². The van der Waals surface area contributed by atoms with Gasteiger partial charge in [0, 0.05) is 24.6 Å². The summed E-state index contributed by atoms with van der Waals surface area (Å²) in [7, 11) is 0. The lowest BCUT2D eigenvalue weighted by molar-refractivity contribution is 0.107. The second-order valence-electron chi connectivity index (χ2n) is 8.06. The van der Waals surface area contributed by atoms with E-state index in [1.165, 1.54) is 33.3 Å². The lowest BCUT2D eigenvalue weighted by atomic mass is 9.93. The van der Waals surface area contributed by atoms with Gasteiger partial charge in [0.05, 0.1) is 34.1 Å². The first-order valence-electron chi connectivity index (χ1n) is 10.5. The van der Waals surface area contributed by atoms with E-state index < -0.39 is 18.4 Å². The third-order valence-corrected chi connectivity index (χ3v) is 6.88. The molecule has 0 saturated carbocycles. The summed E-state index contributed by atoms with van der Waals surface area (Å²) in [6.07, 6.45) is -0.0443. The van der Waals surface area contributed by atoms with E-state index in [9.17, 15) is 4.79 Å². The number of alkyl halides is 2. The molecule has 0 aromatic carbocycles. The fraction of sp³-hybridized carbons (Fsp3) is 0.364. The molecule has 1 aliphatic heterocycles. The molecule has 0 radical (unpaired) electrons. The first-order valence-corrected chi connectivity index (χ1v) is 11.4. The lowest BCUT2D eigenvalue weighted by Crippen LogP contribution is -2.49. The van der Waals surface area contributed by atoms with Crippen molar-refractivity contribution in [3.8, 4) is 10.6 Å². The minimum atomic E-state index is -1.47. The molecule has 0 amide bonds. The molecule has 4 aromatic rings. The van der Waals surface area contributed by atoms with E-state index in [1.807, 2.05) is 13.8 Å². The van der Waals surface area contributed by atoms with Crippen molar-refractivity contribution in [1.82, 2.24) is 29.7 Å². The molecule has 0 bridgehead atoms. The quantitative estimate of drug-likeness (QED) is 0.423. The minimum absolute atomic E-state index is 0.00892. The fourth-order valence-electron chi connectivity index (χ4n) is 4.19. The van der Waals surface area contributed by atoms with Crippen LogP contribution in [0.4, 0.5) is 14.6 Å². The monoisotopic (exact) mass is 469 g/mol. The van der Waals surface area contributed by atoms with Gasteiger partial charge in [-0.25, -0.2) is 33.4 Å². The number of aryl methyl sites for hydroxylation is 2. The summed E-state index contributed by atoms with van der Waals surface area (Å²) in [5, 5.41) is 5.89. The molecule has 33 heavy (non-hydrogen) atoms. The Morgan fingerprint density at radius 2 is 2.00 bits per heavy atom. The van der Waals surface area contributed by atoms with Gasteiger partial charge in [-0.05, 0) is 32.0 Å². The number of halogens is 2. The molecule has 1 saturated heterocycles. The molecule has 0 N–H and O–H groups in total. The Morgan fingerprint density at radius 3 is 2.79 bits per heavy atom. The predicted molar refractivity (Wildman–Crippen MR) is 122 cm³/mol. The van der Waals surface area contributed by atoms with Crippen LogP contribution in [0, 0.1) is 19.8 Å². The third-order valence-electron chi connectivity index (χ3n) is 5.79. The zero-order chi connectivity index (χ0) is 23.1. The molecule has 1 fully saturated rings. The maximum Gasteiger partial charge on any atom is 0.266 e. The highest BCUT2D eigenvalue weighted by Gasteiger charge is 2.38. The molecule has 1 aliphatic rings. The summed E-state index contributed by atoms with van der Waals surface area (Å²) >= 11 is 1.48. The summed E-state index contributed by atoms with van der Waals surface area (Å²) in [6.45, 7) is 3.58. The summed E-state index contributed by atoms with van der Waals surface area (Å²) in [6, 6.07) is 6.49. The number of hydrogen-bond donors (Lipinski definition) is 0. The van der Waals surface area contributed by atoms with Crippen LogP contribution < -0.4 is 10.5 Å². The maximum absolute atomic E-state index is 15.3. The smallest absolute Gasteiger partial charge is 0.266 e. The fourth-order valence-corrected chi connectivity index (χ4v) is 5.07. The van der Waals surface area contributed by atoms with E-state index in [-0.39, 0.29) is 25.1 Å². The Morgan fingerprint density at radius 1 is 1.15 bits per heavy atom. The standard InChI is InChI=1S/C22H21F2N7OS/c1-12-20(33-13(2)28-12)17-5-6-19(32)31(29-17)9-14-8-18(24)30(10-16(14)23)22-15-4-3-7-25-21(15)26-11-27-22/h3-7,11,14,16,18H,8-10H2,1-2H3. The van der Waals surface area contributed by atoms with Gasteiger partial charge < -0.3 is 4.90 Å². The number of thiazole rings is 1. The summed E-state index contributed by atoms with van der Waals surface area (Å²) < 4.78 is 31.7. The second-order valence-corrected chi connectivity index (χ2v) is 9.26. The second kappa shape index (κ2) is 8.54. The molecule has 4 aromatic heterocycles. The Balaban J connectivity index is 1.39. The normalized spacial score (nSPS) is 21.0. The van der Waals surface area contributed by atoms with Gasteiger partial charge in [-0.1, -0.05) is 0 Å². The van der Waals surface area contributed by atoms with Crippen LogP contribution in [-0.2, 0) is 6.54 Å². The van der Waals surface area contributed by atoms with Crippen LogP contribution in [0.15, 0.2) is 41.6 Å². The highest BCUT2D eigenvalue weighted by atomic mass is 32.1. The van der Waals surface area contributed by atoms with Crippen molar-refractivity contribution in [2.24, 2.45) is 5.92 Å². The van der Waals surface area contributed by atoms with Gasteiger partial charge in [-0.3, -0.25) is 4.79 Å². The molecular weight excluding hydrogens is 448 g/mol. The van der Waals surface area contributed by atoms with Crippen LogP contribution in [0.3, 0.4) is 0 Å². The van der Waals surface area contributed by atoms with Crippen molar-refractivity contribution in [2.45, 2.75) is 39.3 Å². The SMILES string of the molecule is Cc1nc(C)c(-c2ccc(=O)n(CC3CC(F)N(c4ncnc5ncccc45)CC3F)n2)s1. The van der Waals surface area contributed by atoms with Gasteiger partial charge >= 0.3 is 0 Å². The summed E-state index contributed by atoms with van der Waals surface area (Å²) in [5.74, 6) is -0.387. The van der Waals surface area contributed by atoms with Gasteiger partial charge in [0.2, 0.25) is 0 Å². The molecule has 0 aliphatic carbocycles. The average molecular weight is 470 g/mol. The van der Waals surface area contributed by atoms with Crippen LogP contribution in [0.1, 0.15) is 17.1 Å². The number of rotatable bonds is 4. The Kier molecular flexibility index (Phi) is 5.57. The number of hydrogen-bond acceptors (Lipinski definition) is 8. The number of anilines is 1. The molecular formula is C22H21F2N7OS. The van der Waals surface area contributed by atoms with E-state index in [1.54, 1.807) is 24.4 Å². The van der Waals surface area contributed by atoms with E-state index in [0.29, 0.717) is 22.5 Å². The number of aromatic nitrogens is 6. The summed E-state index contributed by atoms with van der Waals surface area (Å²) in [5.41, 5.74) is 1.49. The zero-order valence-electron chi connectivity index (χ0n) is 18.0. The van der Waals surface area contributed by atoms with Crippen molar-refractivity contribution in [3.05, 3.63) is 57.8 Å². The third kappa shape index (κ3) is 4.08. The number of fused-ring (bicyclic) bond motifs is 1. The lowest BCUT2D eigenvalue weighted by Gasteiger charge is -2.38.